The molecule has 5 rings (SSSR count). The monoisotopic (exact) mass is 648 g/mol. The van der Waals surface area contributed by atoms with Crippen LogP contribution < -0.4 is 0 Å². The number of carbonyl (C=O) groups excluding carboxylic acids is 2. The van der Waals surface area contributed by atoms with Crippen molar-refractivity contribution in [3.63, 3.8) is 0 Å². The molecule has 0 spiro atoms. The molecule has 2 aromatic carbocycles. The van der Waals surface area contributed by atoms with Gasteiger partial charge in [-0.2, -0.15) is 0 Å². The molecule has 3 fully saturated rings. The van der Waals surface area contributed by atoms with Crippen molar-refractivity contribution in [3.8, 4) is 0 Å². The quantitative estimate of drug-likeness (QED) is 0.142. The minimum absolute atomic E-state index is 0.113. The SMILES string of the molecule is CCC(CC(CC(C)(CC(C)C(=O)OCc1ccccc1)C(=O)O)c1ccccc1)C(=O)OCCOC1CC2CC1C1CC(O)CC21. The summed E-state index contributed by atoms with van der Waals surface area (Å²) in [7, 11) is 0. The Balaban J connectivity index is 1.16. The van der Waals surface area contributed by atoms with Crippen molar-refractivity contribution >= 4 is 17.9 Å². The fourth-order valence-electron chi connectivity index (χ4n) is 8.90. The lowest BCUT2D eigenvalue weighted by atomic mass is 9.71. The van der Waals surface area contributed by atoms with E-state index in [9.17, 15) is 24.6 Å². The molecule has 3 aliphatic carbocycles. The third-order valence-electron chi connectivity index (χ3n) is 11.3. The Hall–Kier alpha value is -3.23. The molecule has 3 aliphatic rings. The molecular formula is C39H52O8. The largest absolute Gasteiger partial charge is 0.481 e. The van der Waals surface area contributed by atoms with Crippen LogP contribution in [0.15, 0.2) is 60.7 Å². The number of aliphatic carboxylic acids is 1. The maximum atomic E-state index is 13.3. The van der Waals surface area contributed by atoms with Crippen molar-refractivity contribution in [1.82, 2.24) is 0 Å². The summed E-state index contributed by atoms with van der Waals surface area (Å²) in [6.45, 7) is 6.03. The standard InChI is InChI=1S/C39H52O8/c1-4-27(37(42)46-16-15-45-35-19-29-18-34(35)33-21-31(40)20-32(29)33)17-30(28-13-9-6-10-14-28)23-39(3,38(43)44)22-25(2)36(41)47-24-26-11-7-5-8-12-26/h5-14,25,27,29-35,40H,4,15-24H2,1-3H3,(H,43,44). The number of carbonyl (C=O) groups is 3. The van der Waals surface area contributed by atoms with Gasteiger partial charge in [-0.25, -0.2) is 0 Å². The van der Waals surface area contributed by atoms with E-state index in [4.69, 9.17) is 14.2 Å². The van der Waals surface area contributed by atoms with Crippen LogP contribution in [0.25, 0.3) is 0 Å². The first-order valence-corrected chi connectivity index (χ1v) is 17.5. The summed E-state index contributed by atoms with van der Waals surface area (Å²) >= 11 is 0. The minimum Gasteiger partial charge on any atom is -0.481 e. The van der Waals surface area contributed by atoms with Gasteiger partial charge in [0, 0.05) is 0 Å². The third-order valence-corrected chi connectivity index (χ3v) is 11.3. The predicted octanol–water partition coefficient (Wildman–Crippen LogP) is 6.79. The number of ether oxygens (including phenoxy) is 3. The Morgan fingerprint density at radius 3 is 2.21 bits per heavy atom. The van der Waals surface area contributed by atoms with Gasteiger partial charge in [-0.05, 0) is 99.0 Å². The van der Waals surface area contributed by atoms with Crippen molar-refractivity contribution in [1.29, 1.82) is 0 Å². The Morgan fingerprint density at radius 2 is 1.53 bits per heavy atom. The second-order valence-electron chi connectivity index (χ2n) is 14.6. The average Bonchev–Trinajstić information content (AvgIpc) is 3.76. The molecule has 10 unspecified atom stereocenters. The van der Waals surface area contributed by atoms with Crippen LogP contribution in [-0.2, 0) is 35.2 Å². The van der Waals surface area contributed by atoms with E-state index in [0.717, 1.165) is 30.4 Å². The Kier molecular flexibility index (Phi) is 11.8. The summed E-state index contributed by atoms with van der Waals surface area (Å²) in [6.07, 6.45) is 5.44. The van der Waals surface area contributed by atoms with Crippen molar-refractivity contribution in [2.24, 2.45) is 40.9 Å². The van der Waals surface area contributed by atoms with E-state index in [-0.39, 0.29) is 50.2 Å². The van der Waals surface area contributed by atoms with Crippen LogP contribution in [0.3, 0.4) is 0 Å². The Labute approximate surface area is 279 Å². The Bertz CT molecular complexity index is 1330. The summed E-state index contributed by atoms with van der Waals surface area (Å²) in [5.41, 5.74) is 0.604. The highest BCUT2D eigenvalue weighted by Crippen LogP contribution is 2.59. The van der Waals surface area contributed by atoms with E-state index >= 15 is 0 Å². The van der Waals surface area contributed by atoms with E-state index in [1.165, 1.54) is 6.42 Å². The number of aliphatic hydroxyl groups excluding tert-OH is 1. The number of carboxylic acid groups (broad SMARTS) is 1. The van der Waals surface area contributed by atoms with Gasteiger partial charge in [0.05, 0.1) is 36.1 Å². The molecule has 2 N–H and O–H groups in total. The summed E-state index contributed by atoms with van der Waals surface area (Å²) in [5.74, 6) is -0.601. The van der Waals surface area contributed by atoms with Crippen LogP contribution in [0, 0.1) is 40.9 Å². The molecule has 256 valence electrons. The van der Waals surface area contributed by atoms with E-state index in [2.05, 4.69) is 0 Å². The molecule has 47 heavy (non-hydrogen) atoms. The smallest absolute Gasteiger partial charge is 0.309 e. The highest BCUT2D eigenvalue weighted by molar-refractivity contribution is 5.77. The molecule has 0 radical (unpaired) electrons. The minimum atomic E-state index is -1.23. The molecule has 0 amide bonds. The van der Waals surface area contributed by atoms with Gasteiger partial charge in [-0.3, -0.25) is 14.4 Å². The first-order valence-electron chi connectivity index (χ1n) is 17.5. The molecule has 0 aromatic heterocycles. The lowest BCUT2D eigenvalue weighted by Gasteiger charge is -2.33. The molecular weight excluding hydrogens is 596 g/mol. The van der Waals surface area contributed by atoms with Gasteiger partial charge < -0.3 is 24.4 Å². The van der Waals surface area contributed by atoms with E-state index < -0.39 is 29.2 Å². The second-order valence-corrected chi connectivity index (χ2v) is 14.6. The number of hydrogen-bond acceptors (Lipinski definition) is 7. The fourth-order valence-corrected chi connectivity index (χ4v) is 8.90. The van der Waals surface area contributed by atoms with Crippen LogP contribution in [0.2, 0.25) is 0 Å². The van der Waals surface area contributed by atoms with Crippen LogP contribution >= 0.6 is 0 Å². The van der Waals surface area contributed by atoms with Gasteiger partial charge in [0.25, 0.3) is 0 Å². The molecule has 8 nitrogen and oxygen atoms in total. The van der Waals surface area contributed by atoms with Crippen molar-refractivity contribution in [2.75, 3.05) is 13.2 Å². The van der Waals surface area contributed by atoms with Gasteiger partial charge in [-0.15, -0.1) is 0 Å². The van der Waals surface area contributed by atoms with Gasteiger partial charge >= 0.3 is 17.9 Å². The molecule has 2 aromatic rings. The summed E-state index contributed by atoms with van der Waals surface area (Å²) < 4.78 is 17.5. The molecule has 10 atom stereocenters. The highest BCUT2D eigenvalue weighted by atomic mass is 16.6. The van der Waals surface area contributed by atoms with Crippen LogP contribution in [0.5, 0.6) is 0 Å². The summed E-state index contributed by atoms with van der Waals surface area (Å²) in [6, 6.07) is 19.1. The zero-order valence-electron chi connectivity index (χ0n) is 28.1. The average molecular weight is 649 g/mol. The fraction of sp³-hybridized carbons (Fsp3) is 0.615. The number of esters is 2. The van der Waals surface area contributed by atoms with Crippen molar-refractivity contribution in [3.05, 3.63) is 71.8 Å². The molecule has 0 aliphatic heterocycles. The topological polar surface area (TPSA) is 119 Å². The van der Waals surface area contributed by atoms with Gasteiger partial charge in [0.15, 0.2) is 0 Å². The normalized spacial score (nSPS) is 27.7. The number of fused-ring (bicyclic) bond motifs is 5. The number of hydrogen-bond donors (Lipinski definition) is 2. The number of carboxylic acids is 1. The number of rotatable bonds is 17. The van der Waals surface area contributed by atoms with Crippen molar-refractivity contribution in [2.45, 2.75) is 96.9 Å². The molecule has 0 saturated heterocycles. The van der Waals surface area contributed by atoms with Gasteiger partial charge in [0.2, 0.25) is 0 Å². The number of benzene rings is 2. The number of aliphatic hydroxyl groups is 1. The maximum absolute atomic E-state index is 13.3. The van der Waals surface area contributed by atoms with Gasteiger partial charge in [0.1, 0.15) is 13.2 Å². The molecule has 0 heterocycles. The zero-order valence-corrected chi connectivity index (χ0v) is 28.1. The molecule has 3 saturated carbocycles. The maximum Gasteiger partial charge on any atom is 0.309 e. The highest BCUT2D eigenvalue weighted by Gasteiger charge is 2.56. The second kappa shape index (κ2) is 15.8. The van der Waals surface area contributed by atoms with E-state index in [0.29, 0.717) is 43.1 Å². The third kappa shape index (κ3) is 8.63. The first kappa shape index (κ1) is 35.1. The van der Waals surface area contributed by atoms with Gasteiger partial charge in [-0.1, -0.05) is 74.5 Å². The first-order chi connectivity index (χ1) is 22.6. The van der Waals surface area contributed by atoms with Crippen LogP contribution in [-0.4, -0.2) is 53.5 Å². The van der Waals surface area contributed by atoms with Crippen molar-refractivity contribution < 1.29 is 38.8 Å². The van der Waals surface area contributed by atoms with Crippen LogP contribution in [0.1, 0.15) is 89.2 Å². The van der Waals surface area contributed by atoms with E-state index in [1.54, 1.807) is 13.8 Å². The lowest BCUT2D eigenvalue weighted by Crippen LogP contribution is -2.34. The van der Waals surface area contributed by atoms with E-state index in [1.807, 2.05) is 67.6 Å². The lowest BCUT2D eigenvalue weighted by molar-refractivity contribution is -0.155. The molecule has 8 heteroatoms. The Morgan fingerprint density at radius 1 is 0.851 bits per heavy atom. The summed E-state index contributed by atoms with van der Waals surface area (Å²) in [4.78, 5) is 39.0. The molecule has 2 bridgehead atoms. The van der Waals surface area contributed by atoms with Crippen LogP contribution in [0.4, 0.5) is 0 Å². The zero-order chi connectivity index (χ0) is 33.6. The predicted molar refractivity (Wildman–Crippen MR) is 177 cm³/mol. The summed E-state index contributed by atoms with van der Waals surface area (Å²) in [5, 5.41) is 20.6.